The number of likely N-dealkylation sites (tertiary alicyclic amines) is 1. The molecule has 1 heterocycles. The summed E-state index contributed by atoms with van der Waals surface area (Å²) in [5.74, 6) is 2.74. The Morgan fingerprint density at radius 3 is 2.58 bits per heavy atom. The molecule has 1 aliphatic heterocycles. The van der Waals surface area contributed by atoms with Gasteiger partial charge in [0.25, 0.3) is 0 Å². The molecular weight excluding hydrogens is 236 g/mol. The van der Waals surface area contributed by atoms with Gasteiger partial charge in [0.2, 0.25) is 0 Å². The Bertz CT molecular complexity index is 326. The maximum atomic E-state index is 5.79. The molecule has 1 saturated heterocycles. The van der Waals surface area contributed by atoms with E-state index in [-0.39, 0.29) is 5.41 Å². The summed E-state index contributed by atoms with van der Waals surface area (Å²) in [4.78, 5) is 2.37. The van der Waals surface area contributed by atoms with Gasteiger partial charge in [-0.3, -0.25) is 4.90 Å². The van der Waals surface area contributed by atoms with E-state index in [0.29, 0.717) is 18.2 Å². The molecule has 1 saturated carbocycles. The molecule has 3 nitrogen and oxygen atoms in total. The zero-order valence-corrected chi connectivity index (χ0v) is 12.6. The van der Waals surface area contributed by atoms with Crippen molar-refractivity contribution in [3.8, 4) is 12.3 Å². The number of nitrogens with one attached hydrogen (secondary N) is 1. The summed E-state index contributed by atoms with van der Waals surface area (Å²) in [5.41, 5.74) is 0.270. The molecule has 0 radical (unpaired) electrons. The molecule has 1 aliphatic carbocycles. The van der Waals surface area contributed by atoms with Crippen LogP contribution in [0.25, 0.3) is 0 Å². The van der Waals surface area contributed by atoms with E-state index in [4.69, 9.17) is 11.2 Å². The van der Waals surface area contributed by atoms with Gasteiger partial charge in [0.1, 0.15) is 0 Å². The number of terminal acetylenes is 1. The Labute approximate surface area is 118 Å². The summed E-state index contributed by atoms with van der Waals surface area (Å²) in [6.07, 6.45) is 9.38. The summed E-state index contributed by atoms with van der Waals surface area (Å²) in [7, 11) is 0. The zero-order valence-electron chi connectivity index (χ0n) is 12.6. The highest BCUT2D eigenvalue weighted by Gasteiger charge is 2.49. The predicted molar refractivity (Wildman–Crippen MR) is 79.0 cm³/mol. The number of hydrogen-bond donors (Lipinski definition) is 1. The van der Waals surface area contributed by atoms with Crippen molar-refractivity contribution in [3.63, 3.8) is 0 Å². The number of ether oxygens (including phenoxy) is 1. The fourth-order valence-corrected chi connectivity index (χ4v) is 3.32. The summed E-state index contributed by atoms with van der Waals surface area (Å²) in [6, 6.07) is 1.26. The molecule has 0 aromatic rings. The van der Waals surface area contributed by atoms with Crippen molar-refractivity contribution in [3.05, 3.63) is 0 Å². The fourth-order valence-electron chi connectivity index (χ4n) is 3.32. The first kappa shape index (κ1) is 14.8. The number of hydrogen-bond acceptors (Lipinski definition) is 3. The molecule has 2 atom stereocenters. The molecule has 3 heteroatoms. The van der Waals surface area contributed by atoms with Crippen molar-refractivity contribution < 1.29 is 4.74 Å². The van der Waals surface area contributed by atoms with E-state index in [9.17, 15) is 0 Å². The van der Waals surface area contributed by atoms with Crippen LogP contribution in [0.15, 0.2) is 0 Å². The van der Waals surface area contributed by atoms with E-state index >= 15 is 0 Å². The molecular formula is C16H28N2O. The zero-order chi connectivity index (χ0) is 13.9. The Kier molecular flexibility index (Phi) is 4.89. The Hall–Kier alpha value is -0.560. The molecule has 0 aromatic heterocycles. The molecule has 0 bridgehead atoms. The van der Waals surface area contributed by atoms with E-state index in [1.807, 2.05) is 0 Å². The Balaban J connectivity index is 1.74. The number of nitrogens with zero attached hydrogens (tertiary/aromatic N) is 1. The van der Waals surface area contributed by atoms with Gasteiger partial charge in [-0.2, -0.15) is 0 Å². The quantitative estimate of drug-likeness (QED) is 0.767. The molecule has 0 amide bonds. The lowest BCUT2D eigenvalue weighted by Gasteiger charge is -2.53. The van der Waals surface area contributed by atoms with Crippen LogP contribution in [0.5, 0.6) is 0 Å². The van der Waals surface area contributed by atoms with Crippen LogP contribution in [-0.2, 0) is 4.74 Å². The lowest BCUT2D eigenvalue weighted by atomic mass is 9.64. The molecule has 0 aromatic carbocycles. The van der Waals surface area contributed by atoms with E-state index < -0.39 is 0 Å². The minimum atomic E-state index is 0.270. The van der Waals surface area contributed by atoms with Crippen LogP contribution in [-0.4, -0.2) is 49.3 Å². The summed E-state index contributed by atoms with van der Waals surface area (Å²) < 4.78 is 5.79. The van der Waals surface area contributed by atoms with Crippen molar-refractivity contribution in [1.29, 1.82) is 0 Å². The third kappa shape index (κ3) is 3.31. The topological polar surface area (TPSA) is 24.5 Å². The minimum Gasteiger partial charge on any atom is -0.378 e. The standard InChI is InChI=1S/C16H28N2O/c1-5-9-18-10-7-13(8-11-18)17-14-12-15(19-6-2)16(14,3)4/h1,13-15,17H,6-12H2,2-4H3. The van der Waals surface area contributed by atoms with Gasteiger partial charge < -0.3 is 10.1 Å². The van der Waals surface area contributed by atoms with Crippen molar-refractivity contribution in [2.75, 3.05) is 26.2 Å². The highest BCUT2D eigenvalue weighted by molar-refractivity contribution is 5.04. The molecule has 108 valence electrons. The largest absolute Gasteiger partial charge is 0.378 e. The average Bonchev–Trinajstić information content (AvgIpc) is 2.40. The summed E-state index contributed by atoms with van der Waals surface area (Å²) >= 11 is 0. The van der Waals surface area contributed by atoms with Gasteiger partial charge in [-0.25, -0.2) is 0 Å². The highest BCUT2D eigenvalue weighted by atomic mass is 16.5. The molecule has 2 aliphatic rings. The van der Waals surface area contributed by atoms with E-state index in [0.717, 1.165) is 32.7 Å². The SMILES string of the molecule is C#CCN1CCC(NC2CC(OCC)C2(C)C)CC1. The number of piperidine rings is 1. The summed E-state index contributed by atoms with van der Waals surface area (Å²) in [6.45, 7) is 10.6. The average molecular weight is 264 g/mol. The van der Waals surface area contributed by atoms with Crippen LogP contribution in [0.2, 0.25) is 0 Å². The third-order valence-electron chi connectivity index (χ3n) is 4.88. The normalized spacial score (nSPS) is 31.7. The molecule has 19 heavy (non-hydrogen) atoms. The first-order chi connectivity index (χ1) is 9.07. The van der Waals surface area contributed by atoms with Crippen LogP contribution in [0.1, 0.15) is 40.0 Å². The third-order valence-corrected chi connectivity index (χ3v) is 4.88. The van der Waals surface area contributed by atoms with E-state index in [1.165, 1.54) is 12.8 Å². The molecule has 2 fully saturated rings. The maximum Gasteiger partial charge on any atom is 0.0655 e. The minimum absolute atomic E-state index is 0.270. The van der Waals surface area contributed by atoms with Crippen LogP contribution in [0.4, 0.5) is 0 Å². The summed E-state index contributed by atoms with van der Waals surface area (Å²) in [5, 5.41) is 3.84. The molecule has 0 spiro atoms. The van der Waals surface area contributed by atoms with E-state index in [2.05, 4.69) is 36.9 Å². The number of rotatable bonds is 5. The smallest absolute Gasteiger partial charge is 0.0655 e. The lowest BCUT2D eigenvalue weighted by Crippen LogP contribution is -2.63. The monoisotopic (exact) mass is 264 g/mol. The maximum absolute atomic E-state index is 5.79. The molecule has 2 rings (SSSR count). The lowest BCUT2D eigenvalue weighted by molar-refractivity contribution is -0.117. The van der Waals surface area contributed by atoms with E-state index in [1.54, 1.807) is 0 Å². The predicted octanol–water partition coefficient (Wildman–Crippen LogP) is 1.88. The fraction of sp³-hybridized carbons (Fsp3) is 0.875. The van der Waals surface area contributed by atoms with Crippen LogP contribution in [0.3, 0.4) is 0 Å². The first-order valence-electron chi connectivity index (χ1n) is 7.61. The molecule has 1 N–H and O–H groups in total. The second-order valence-corrected chi connectivity index (χ2v) is 6.47. The van der Waals surface area contributed by atoms with Gasteiger partial charge in [-0.1, -0.05) is 19.8 Å². The van der Waals surface area contributed by atoms with Crippen molar-refractivity contribution in [2.24, 2.45) is 5.41 Å². The second kappa shape index (κ2) is 6.26. The molecule has 2 unspecified atom stereocenters. The van der Waals surface area contributed by atoms with Gasteiger partial charge in [-0.05, 0) is 26.2 Å². The van der Waals surface area contributed by atoms with Gasteiger partial charge in [0.15, 0.2) is 0 Å². The van der Waals surface area contributed by atoms with Crippen molar-refractivity contribution in [1.82, 2.24) is 10.2 Å². The van der Waals surface area contributed by atoms with Gasteiger partial charge in [0, 0.05) is 37.2 Å². The van der Waals surface area contributed by atoms with Crippen molar-refractivity contribution in [2.45, 2.75) is 58.2 Å². The van der Waals surface area contributed by atoms with Gasteiger partial charge >= 0.3 is 0 Å². The first-order valence-corrected chi connectivity index (χ1v) is 7.61. The second-order valence-electron chi connectivity index (χ2n) is 6.47. The van der Waals surface area contributed by atoms with Crippen molar-refractivity contribution >= 4 is 0 Å². The Morgan fingerprint density at radius 2 is 2.05 bits per heavy atom. The van der Waals surface area contributed by atoms with Gasteiger partial charge in [-0.15, -0.1) is 6.42 Å². The Morgan fingerprint density at radius 1 is 1.37 bits per heavy atom. The van der Waals surface area contributed by atoms with Crippen LogP contribution in [0, 0.1) is 17.8 Å². The van der Waals surface area contributed by atoms with Gasteiger partial charge in [0.05, 0.1) is 12.6 Å². The van der Waals surface area contributed by atoms with Crippen LogP contribution < -0.4 is 5.32 Å². The van der Waals surface area contributed by atoms with Crippen LogP contribution >= 0.6 is 0 Å². The highest BCUT2D eigenvalue weighted by Crippen LogP contribution is 2.43.